The Bertz CT molecular complexity index is 760. The maximum Gasteiger partial charge on any atom is 0.363 e. The number of H-pyrrole nitrogens is 1. The molecule has 0 unspecified atom stereocenters. The molecule has 0 radical (unpaired) electrons. The van der Waals surface area contributed by atoms with Crippen LogP contribution >= 0.6 is 0 Å². The van der Waals surface area contributed by atoms with Crippen molar-refractivity contribution in [3.63, 3.8) is 0 Å². The van der Waals surface area contributed by atoms with Crippen LogP contribution in [0.25, 0.3) is 0 Å². The Morgan fingerprint density at radius 3 is 2.05 bits per heavy atom. The van der Waals surface area contributed by atoms with Crippen LogP contribution in [0.5, 0.6) is 0 Å². The van der Waals surface area contributed by atoms with Gasteiger partial charge in [0.1, 0.15) is 5.69 Å². The summed E-state index contributed by atoms with van der Waals surface area (Å²) in [4.78, 5) is 15.4. The third-order valence-corrected chi connectivity index (χ3v) is 3.42. The van der Waals surface area contributed by atoms with Crippen molar-refractivity contribution in [3.8, 4) is 0 Å². The number of aromatic nitrogens is 3. The summed E-state index contributed by atoms with van der Waals surface area (Å²) in [5.41, 5.74) is 2.37. The zero-order valence-corrected chi connectivity index (χ0v) is 12.2. The lowest BCUT2D eigenvalue weighted by molar-refractivity contribution is 0.849. The van der Waals surface area contributed by atoms with Crippen molar-refractivity contribution >= 4 is 5.82 Å². The van der Waals surface area contributed by atoms with Crippen molar-refractivity contribution < 1.29 is 0 Å². The van der Waals surface area contributed by atoms with Crippen molar-refractivity contribution in [2.45, 2.75) is 13.0 Å². The highest BCUT2D eigenvalue weighted by molar-refractivity contribution is 5.46. The maximum absolute atomic E-state index is 11.4. The third kappa shape index (κ3) is 3.03. The first-order valence-corrected chi connectivity index (χ1v) is 7.04. The molecule has 2 aromatic carbocycles. The number of hydrogen-bond acceptors (Lipinski definition) is 4. The van der Waals surface area contributed by atoms with Gasteiger partial charge < -0.3 is 5.32 Å². The van der Waals surface area contributed by atoms with Gasteiger partial charge in [0, 0.05) is 0 Å². The Morgan fingerprint density at radius 1 is 0.955 bits per heavy atom. The Hall–Kier alpha value is -2.95. The van der Waals surface area contributed by atoms with Crippen molar-refractivity contribution in [2.24, 2.45) is 0 Å². The molecule has 0 amide bonds. The average Bonchev–Trinajstić information content (AvgIpc) is 2.57. The highest BCUT2D eigenvalue weighted by Gasteiger charge is 2.15. The molecule has 0 spiro atoms. The normalized spacial score (nSPS) is 10.6. The molecule has 5 nitrogen and oxygen atoms in total. The minimum atomic E-state index is -0.465. The first-order valence-electron chi connectivity index (χ1n) is 7.04. The van der Waals surface area contributed by atoms with Gasteiger partial charge in [0.25, 0.3) is 0 Å². The summed E-state index contributed by atoms with van der Waals surface area (Å²) in [5.74, 6) is 0.487. The van der Waals surface area contributed by atoms with E-state index < -0.39 is 5.69 Å². The van der Waals surface area contributed by atoms with Crippen LogP contribution in [0.1, 0.15) is 22.9 Å². The van der Waals surface area contributed by atoms with Crippen LogP contribution in [0.15, 0.2) is 65.5 Å². The van der Waals surface area contributed by atoms with Crippen LogP contribution in [0.4, 0.5) is 5.82 Å². The van der Waals surface area contributed by atoms with Crippen molar-refractivity contribution in [1.82, 2.24) is 15.2 Å². The predicted molar refractivity (Wildman–Crippen MR) is 85.7 cm³/mol. The fourth-order valence-corrected chi connectivity index (χ4v) is 2.32. The summed E-state index contributed by atoms with van der Waals surface area (Å²) in [7, 11) is 0. The molecule has 0 bridgehead atoms. The zero-order chi connectivity index (χ0) is 15.4. The fourth-order valence-electron chi connectivity index (χ4n) is 2.32. The van der Waals surface area contributed by atoms with Gasteiger partial charge in [-0.2, -0.15) is 10.1 Å². The fraction of sp³-hybridized carbons (Fsp3) is 0.118. The largest absolute Gasteiger partial charge is 0.363 e. The summed E-state index contributed by atoms with van der Waals surface area (Å²) < 4.78 is 0. The third-order valence-electron chi connectivity index (χ3n) is 3.42. The van der Waals surface area contributed by atoms with Gasteiger partial charge in [-0.3, -0.25) is 0 Å². The molecule has 2 N–H and O–H groups in total. The van der Waals surface area contributed by atoms with E-state index in [1.807, 2.05) is 60.7 Å². The number of hydrogen-bond donors (Lipinski definition) is 2. The van der Waals surface area contributed by atoms with Crippen molar-refractivity contribution in [2.75, 3.05) is 5.32 Å². The zero-order valence-electron chi connectivity index (χ0n) is 12.2. The number of aromatic amines is 1. The highest BCUT2D eigenvalue weighted by Crippen LogP contribution is 2.26. The Balaban J connectivity index is 2.03. The van der Waals surface area contributed by atoms with E-state index >= 15 is 0 Å². The molecule has 3 aromatic rings. The number of rotatable bonds is 4. The Morgan fingerprint density at radius 2 is 1.50 bits per heavy atom. The van der Waals surface area contributed by atoms with Crippen molar-refractivity contribution in [3.05, 3.63) is 88.0 Å². The quantitative estimate of drug-likeness (QED) is 0.775. The second-order valence-electron chi connectivity index (χ2n) is 4.97. The summed E-state index contributed by atoms with van der Waals surface area (Å²) in [6, 6.07) is 20.0. The van der Waals surface area contributed by atoms with Gasteiger partial charge in [-0.15, -0.1) is 0 Å². The molecule has 3 rings (SSSR count). The SMILES string of the molecule is Cc1n[nH]c(=O)nc1NC(c1ccccc1)c1ccccc1. The van der Waals surface area contributed by atoms with Crippen LogP contribution in [0.2, 0.25) is 0 Å². The molecule has 5 heteroatoms. The monoisotopic (exact) mass is 292 g/mol. The molecule has 110 valence electrons. The van der Waals surface area contributed by atoms with E-state index in [0.717, 1.165) is 11.1 Å². The summed E-state index contributed by atoms with van der Waals surface area (Å²) in [5, 5.41) is 9.62. The first-order chi connectivity index (χ1) is 10.7. The van der Waals surface area contributed by atoms with Gasteiger partial charge >= 0.3 is 5.69 Å². The molecule has 0 atom stereocenters. The van der Waals surface area contributed by atoms with E-state index in [1.54, 1.807) is 6.92 Å². The highest BCUT2D eigenvalue weighted by atomic mass is 16.1. The second kappa shape index (κ2) is 6.22. The molecule has 0 aliphatic heterocycles. The summed E-state index contributed by atoms with van der Waals surface area (Å²) in [6.07, 6.45) is 0. The molecule has 0 aliphatic carbocycles. The minimum absolute atomic E-state index is 0.0998. The van der Waals surface area contributed by atoms with Crippen LogP contribution in [-0.4, -0.2) is 15.2 Å². The van der Waals surface area contributed by atoms with Gasteiger partial charge in [0.15, 0.2) is 5.82 Å². The van der Waals surface area contributed by atoms with Crippen LogP contribution < -0.4 is 11.0 Å². The Labute approximate surface area is 128 Å². The van der Waals surface area contributed by atoms with E-state index in [0.29, 0.717) is 11.5 Å². The molecule has 22 heavy (non-hydrogen) atoms. The van der Waals surface area contributed by atoms with E-state index in [1.165, 1.54) is 0 Å². The van der Waals surface area contributed by atoms with Crippen LogP contribution in [0, 0.1) is 6.92 Å². The number of nitrogens with one attached hydrogen (secondary N) is 2. The lowest BCUT2D eigenvalue weighted by atomic mass is 9.99. The summed E-state index contributed by atoms with van der Waals surface area (Å²) in [6.45, 7) is 1.80. The van der Waals surface area contributed by atoms with E-state index in [2.05, 4.69) is 20.5 Å². The molecule has 0 fully saturated rings. The standard InChI is InChI=1S/C17H16N4O/c1-12-16(19-17(22)21-20-12)18-15(13-8-4-2-5-9-13)14-10-6-3-7-11-14/h2-11,15H,1H3,(H2,18,19,21,22). The van der Waals surface area contributed by atoms with Gasteiger partial charge in [-0.05, 0) is 18.1 Å². The van der Waals surface area contributed by atoms with E-state index in [-0.39, 0.29) is 6.04 Å². The second-order valence-corrected chi connectivity index (χ2v) is 4.97. The predicted octanol–water partition coefficient (Wildman–Crippen LogP) is 2.67. The van der Waals surface area contributed by atoms with Gasteiger partial charge in [0.2, 0.25) is 0 Å². The maximum atomic E-state index is 11.4. The average molecular weight is 292 g/mol. The number of aryl methyl sites for hydroxylation is 1. The van der Waals surface area contributed by atoms with Crippen LogP contribution in [0.3, 0.4) is 0 Å². The van der Waals surface area contributed by atoms with Crippen LogP contribution in [-0.2, 0) is 0 Å². The smallest absolute Gasteiger partial charge is 0.357 e. The molecule has 0 saturated carbocycles. The van der Waals surface area contributed by atoms with Gasteiger partial charge in [-0.1, -0.05) is 60.7 Å². The lowest BCUT2D eigenvalue weighted by Crippen LogP contribution is -2.20. The van der Waals surface area contributed by atoms with E-state index in [4.69, 9.17) is 0 Å². The lowest BCUT2D eigenvalue weighted by Gasteiger charge is -2.20. The Kier molecular flexibility index (Phi) is 3.96. The molecule has 0 aliphatic rings. The molecular weight excluding hydrogens is 276 g/mol. The first kappa shape index (κ1) is 14.0. The molecule has 1 heterocycles. The minimum Gasteiger partial charge on any atom is -0.357 e. The summed E-state index contributed by atoms with van der Waals surface area (Å²) >= 11 is 0. The number of nitrogens with zero attached hydrogens (tertiary/aromatic N) is 2. The van der Waals surface area contributed by atoms with E-state index in [9.17, 15) is 4.79 Å². The molecular formula is C17H16N4O. The van der Waals surface area contributed by atoms with Gasteiger partial charge in [0.05, 0.1) is 6.04 Å². The number of benzene rings is 2. The molecule has 1 aromatic heterocycles. The van der Waals surface area contributed by atoms with Crippen molar-refractivity contribution in [1.29, 1.82) is 0 Å². The molecule has 0 saturated heterocycles. The number of anilines is 1. The van der Waals surface area contributed by atoms with Gasteiger partial charge in [-0.25, -0.2) is 9.89 Å². The topological polar surface area (TPSA) is 70.7 Å².